The van der Waals surface area contributed by atoms with Gasteiger partial charge in [-0.1, -0.05) is 35.5 Å². The predicted octanol–water partition coefficient (Wildman–Crippen LogP) is 5.02. The lowest BCUT2D eigenvalue weighted by Crippen LogP contribution is -1.99. The van der Waals surface area contributed by atoms with Gasteiger partial charge in [-0.2, -0.15) is 4.98 Å². The van der Waals surface area contributed by atoms with Crippen LogP contribution in [0, 0.1) is 0 Å². The molecule has 4 aromatic rings. The molecule has 134 valence electrons. The molecule has 3 aromatic carbocycles. The fourth-order valence-corrected chi connectivity index (χ4v) is 2.76. The first-order chi connectivity index (χ1) is 13.3. The summed E-state index contributed by atoms with van der Waals surface area (Å²) in [5.74, 6) is 1.95. The van der Waals surface area contributed by atoms with E-state index in [4.69, 9.17) is 9.26 Å². The van der Waals surface area contributed by atoms with Crippen LogP contribution in [0.2, 0.25) is 0 Å². The molecule has 1 heterocycles. The molecule has 0 saturated carbocycles. The number of nitrogens with one attached hydrogen (secondary N) is 1. The molecule has 5 heteroatoms. The molecule has 0 unspecified atom stereocenters. The Morgan fingerprint density at radius 2 is 1.70 bits per heavy atom. The Labute approximate surface area is 157 Å². The number of rotatable bonds is 6. The second-order valence-electron chi connectivity index (χ2n) is 6.07. The van der Waals surface area contributed by atoms with E-state index >= 15 is 0 Å². The molecule has 0 bridgehead atoms. The third-order valence-corrected chi connectivity index (χ3v) is 4.22. The van der Waals surface area contributed by atoms with Gasteiger partial charge >= 0.3 is 0 Å². The van der Waals surface area contributed by atoms with Gasteiger partial charge in [-0.25, -0.2) is 0 Å². The van der Waals surface area contributed by atoms with E-state index < -0.39 is 0 Å². The molecule has 5 nitrogen and oxygen atoms in total. The van der Waals surface area contributed by atoms with Crippen LogP contribution in [0.1, 0.15) is 5.56 Å². The first-order valence-electron chi connectivity index (χ1n) is 8.68. The summed E-state index contributed by atoms with van der Waals surface area (Å²) >= 11 is 0. The molecule has 0 aliphatic rings. The second-order valence-corrected chi connectivity index (χ2v) is 6.07. The lowest BCUT2D eigenvalue weighted by Gasteiger charge is -2.08. The molecule has 0 atom stereocenters. The Hall–Kier alpha value is -3.60. The number of ether oxygens (including phenoxy) is 1. The van der Waals surface area contributed by atoms with Crippen molar-refractivity contribution in [2.45, 2.75) is 6.54 Å². The fourth-order valence-electron chi connectivity index (χ4n) is 2.76. The van der Waals surface area contributed by atoms with Gasteiger partial charge in [0.15, 0.2) is 0 Å². The normalized spacial score (nSPS) is 10.6. The molecule has 0 saturated heterocycles. The van der Waals surface area contributed by atoms with Crippen molar-refractivity contribution in [3.63, 3.8) is 0 Å². The number of anilines is 1. The molecule has 0 radical (unpaired) electrons. The highest BCUT2D eigenvalue weighted by atomic mass is 16.5. The molecule has 0 spiro atoms. The van der Waals surface area contributed by atoms with Crippen LogP contribution in [-0.4, -0.2) is 17.3 Å². The topological polar surface area (TPSA) is 60.2 Å². The van der Waals surface area contributed by atoms with E-state index in [0.717, 1.165) is 34.7 Å². The first kappa shape index (κ1) is 16.8. The molecule has 0 fully saturated rings. The quantitative estimate of drug-likeness (QED) is 0.525. The van der Waals surface area contributed by atoms with E-state index in [9.17, 15) is 0 Å². The van der Waals surface area contributed by atoms with Crippen LogP contribution in [0.3, 0.4) is 0 Å². The van der Waals surface area contributed by atoms with Crippen molar-refractivity contribution in [2.24, 2.45) is 0 Å². The van der Waals surface area contributed by atoms with Gasteiger partial charge in [0.25, 0.3) is 5.89 Å². The summed E-state index contributed by atoms with van der Waals surface area (Å²) in [7, 11) is 1.67. The fraction of sp³-hybridized carbons (Fsp3) is 0.0909. The second kappa shape index (κ2) is 7.74. The van der Waals surface area contributed by atoms with Crippen LogP contribution in [0.5, 0.6) is 5.75 Å². The summed E-state index contributed by atoms with van der Waals surface area (Å²) in [5, 5.41) is 7.49. The Kier molecular flexibility index (Phi) is 4.83. The van der Waals surface area contributed by atoms with Crippen molar-refractivity contribution < 1.29 is 9.26 Å². The van der Waals surface area contributed by atoms with E-state index in [1.165, 1.54) is 0 Å². The van der Waals surface area contributed by atoms with Crippen molar-refractivity contribution in [3.8, 4) is 28.6 Å². The highest BCUT2D eigenvalue weighted by molar-refractivity contribution is 5.62. The van der Waals surface area contributed by atoms with E-state index in [0.29, 0.717) is 11.7 Å². The monoisotopic (exact) mass is 357 g/mol. The summed E-state index contributed by atoms with van der Waals surface area (Å²) in [6.45, 7) is 0.719. The highest BCUT2D eigenvalue weighted by Gasteiger charge is 2.10. The lowest BCUT2D eigenvalue weighted by molar-refractivity contribution is 0.414. The minimum Gasteiger partial charge on any atom is -0.497 e. The zero-order valence-electron chi connectivity index (χ0n) is 14.9. The molecule has 4 rings (SSSR count). The maximum absolute atomic E-state index is 5.37. The van der Waals surface area contributed by atoms with E-state index in [1.54, 1.807) is 7.11 Å². The number of hydrogen-bond donors (Lipinski definition) is 1. The zero-order chi connectivity index (χ0) is 18.5. The molecule has 0 amide bonds. The summed E-state index contributed by atoms with van der Waals surface area (Å²) in [6.07, 6.45) is 0. The molecule has 27 heavy (non-hydrogen) atoms. The summed E-state index contributed by atoms with van der Waals surface area (Å²) in [4.78, 5) is 4.48. The van der Waals surface area contributed by atoms with Crippen LogP contribution in [-0.2, 0) is 6.54 Å². The average molecular weight is 357 g/mol. The number of methoxy groups -OCH3 is 1. The largest absolute Gasteiger partial charge is 0.497 e. The van der Waals surface area contributed by atoms with Gasteiger partial charge in [-0.3, -0.25) is 0 Å². The van der Waals surface area contributed by atoms with Crippen molar-refractivity contribution in [1.82, 2.24) is 10.1 Å². The number of benzene rings is 3. The Morgan fingerprint density at radius 1 is 0.889 bits per heavy atom. The summed E-state index contributed by atoms with van der Waals surface area (Å²) in [6, 6.07) is 25.7. The predicted molar refractivity (Wildman–Crippen MR) is 105 cm³/mol. The summed E-state index contributed by atoms with van der Waals surface area (Å²) < 4.78 is 10.6. The highest BCUT2D eigenvalue weighted by Crippen LogP contribution is 2.23. The van der Waals surface area contributed by atoms with E-state index in [1.807, 2.05) is 72.8 Å². The van der Waals surface area contributed by atoms with Gasteiger partial charge in [0, 0.05) is 23.4 Å². The zero-order valence-corrected chi connectivity index (χ0v) is 14.9. The van der Waals surface area contributed by atoms with Crippen molar-refractivity contribution in [2.75, 3.05) is 12.4 Å². The number of hydrogen-bond acceptors (Lipinski definition) is 5. The smallest absolute Gasteiger partial charge is 0.258 e. The third-order valence-electron chi connectivity index (χ3n) is 4.22. The summed E-state index contributed by atoms with van der Waals surface area (Å²) in [5.41, 5.74) is 4.00. The van der Waals surface area contributed by atoms with Crippen LogP contribution in [0.15, 0.2) is 83.4 Å². The Bertz CT molecular complexity index is 1010. The van der Waals surface area contributed by atoms with Gasteiger partial charge in [-0.05, 0) is 54.1 Å². The lowest BCUT2D eigenvalue weighted by atomic mass is 10.1. The van der Waals surface area contributed by atoms with Crippen LogP contribution < -0.4 is 10.1 Å². The van der Waals surface area contributed by atoms with E-state index in [2.05, 4.69) is 21.5 Å². The van der Waals surface area contributed by atoms with E-state index in [-0.39, 0.29) is 0 Å². The third kappa shape index (κ3) is 3.98. The van der Waals surface area contributed by atoms with Crippen LogP contribution in [0.4, 0.5) is 5.69 Å². The first-order valence-corrected chi connectivity index (χ1v) is 8.68. The van der Waals surface area contributed by atoms with Gasteiger partial charge < -0.3 is 14.6 Å². The molecule has 0 aliphatic heterocycles. The maximum Gasteiger partial charge on any atom is 0.258 e. The van der Waals surface area contributed by atoms with Gasteiger partial charge in [0.1, 0.15) is 5.75 Å². The van der Waals surface area contributed by atoms with Gasteiger partial charge in [0.05, 0.1) is 7.11 Å². The average Bonchev–Trinajstić information content (AvgIpc) is 3.24. The minimum absolute atomic E-state index is 0.519. The standard InChI is InChI=1S/C22H19N3O2/c1-26-20-9-5-6-16(14-20)15-23-19-12-10-17(11-13-19)21-24-22(27-25-21)18-7-3-2-4-8-18/h2-14,23H,15H2,1H3. The van der Waals surface area contributed by atoms with Crippen molar-refractivity contribution >= 4 is 5.69 Å². The number of nitrogens with zero attached hydrogens (tertiary/aromatic N) is 2. The van der Waals surface area contributed by atoms with Gasteiger partial charge in [-0.15, -0.1) is 0 Å². The molecule has 1 aromatic heterocycles. The van der Waals surface area contributed by atoms with Crippen LogP contribution in [0.25, 0.3) is 22.8 Å². The van der Waals surface area contributed by atoms with Gasteiger partial charge in [0.2, 0.25) is 5.82 Å². The van der Waals surface area contributed by atoms with Crippen molar-refractivity contribution in [1.29, 1.82) is 0 Å². The van der Waals surface area contributed by atoms with Crippen molar-refractivity contribution in [3.05, 3.63) is 84.4 Å². The maximum atomic E-state index is 5.37. The Balaban J connectivity index is 1.44. The van der Waals surface area contributed by atoms with Crippen LogP contribution >= 0.6 is 0 Å². The molecule has 0 aliphatic carbocycles. The molecular weight excluding hydrogens is 338 g/mol. The minimum atomic E-state index is 0.519. The SMILES string of the molecule is COc1cccc(CNc2ccc(-c3noc(-c4ccccc4)n3)cc2)c1. The Morgan fingerprint density at radius 3 is 2.48 bits per heavy atom. The number of aromatic nitrogens is 2. The molecule has 1 N–H and O–H groups in total. The molecular formula is C22H19N3O2.